The average Bonchev–Trinajstić information content (AvgIpc) is 2.82. The SMILES string of the molecule is CCCC1NC(=O)C(C)N(CCc2cnn(C)c2)C1=O. The molecule has 110 valence electrons. The molecule has 0 radical (unpaired) electrons. The Kier molecular flexibility index (Phi) is 4.42. The molecule has 1 fully saturated rings. The zero-order valence-corrected chi connectivity index (χ0v) is 12.3. The summed E-state index contributed by atoms with van der Waals surface area (Å²) < 4.78 is 1.74. The fraction of sp³-hybridized carbons (Fsp3) is 0.643. The fourth-order valence-corrected chi connectivity index (χ4v) is 2.53. The Morgan fingerprint density at radius 1 is 1.40 bits per heavy atom. The molecular weight excluding hydrogens is 256 g/mol. The van der Waals surface area contributed by atoms with Crippen molar-refractivity contribution >= 4 is 11.8 Å². The van der Waals surface area contributed by atoms with Gasteiger partial charge >= 0.3 is 0 Å². The number of rotatable bonds is 5. The Hall–Kier alpha value is -1.85. The minimum absolute atomic E-state index is 0.0304. The first-order valence-electron chi connectivity index (χ1n) is 7.11. The summed E-state index contributed by atoms with van der Waals surface area (Å²) in [7, 11) is 1.86. The van der Waals surface area contributed by atoms with Crippen LogP contribution in [0, 0.1) is 0 Å². The Labute approximate surface area is 119 Å². The summed E-state index contributed by atoms with van der Waals surface area (Å²) in [6.45, 7) is 4.34. The van der Waals surface area contributed by atoms with Crippen molar-refractivity contribution in [3.05, 3.63) is 18.0 Å². The summed E-state index contributed by atoms with van der Waals surface area (Å²) in [6, 6.07) is -0.759. The quantitative estimate of drug-likeness (QED) is 0.852. The van der Waals surface area contributed by atoms with Crippen molar-refractivity contribution < 1.29 is 9.59 Å². The van der Waals surface area contributed by atoms with Gasteiger partial charge < -0.3 is 10.2 Å². The lowest BCUT2D eigenvalue weighted by Gasteiger charge is -2.37. The van der Waals surface area contributed by atoms with E-state index in [4.69, 9.17) is 0 Å². The number of aromatic nitrogens is 2. The van der Waals surface area contributed by atoms with E-state index in [0.717, 1.165) is 18.4 Å². The maximum absolute atomic E-state index is 12.4. The topological polar surface area (TPSA) is 67.2 Å². The minimum Gasteiger partial charge on any atom is -0.343 e. The first kappa shape index (κ1) is 14.6. The van der Waals surface area contributed by atoms with E-state index in [1.807, 2.05) is 20.2 Å². The van der Waals surface area contributed by atoms with E-state index in [1.165, 1.54) is 0 Å². The zero-order valence-electron chi connectivity index (χ0n) is 12.3. The van der Waals surface area contributed by atoms with Gasteiger partial charge in [-0.15, -0.1) is 0 Å². The van der Waals surface area contributed by atoms with Gasteiger partial charge in [0.05, 0.1) is 6.20 Å². The second-order valence-electron chi connectivity index (χ2n) is 5.33. The number of piperazine rings is 1. The van der Waals surface area contributed by atoms with E-state index in [9.17, 15) is 9.59 Å². The van der Waals surface area contributed by atoms with Crippen molar-refractivity contribution in [3.63, 3.8) is 0 Å². The number of nitrogens with one attached hydrogen (secondary N) is 1. The molecule has 2 heterocycles. The molecule has 0 aliphatic carbocycles. The maximum atomic E-state index is 12.4. The van der Waals surface area contributed by atoms with Crippen LogP contribution in [0.4, 0.5) is 0 Å². The van der Waals surface area contributed by atoms with Crippen LogP contribution in [0.2, 0.25) is 0 Å². The van der Waals surface area contributed by atoms with Crippen LogP contribution in [0.5, 0.6) is 0 Å². The molecule has 0 saturated carbocycles. The first-order valence-corrected chi connectivity index (χ1v) is 7.11. The van der Waals surface area contributed by atoms with Crippen LogP contribution in [0.3, 0.4) is 0 Å². The molecule has 1 N–H and O–H groups in total. The van der Waals surface area contributed by atoms with Crippen LogP contribution in [0.1, 0.15) is 32.3 Å². The molecule has 2 rings (SSSR count). The molecule has 0 bridgehead atoms. The second kappa shape index (κ2) is 6.07. The molecule has 20 heavy (non-hydrogen) atoms. The Bertz CT molecular complexity index is 497. The molecule has 2 amide bonds. The third kappa shape index (κ3) is 3.00. The predicted octanol–water partition coefficient (Wildman–Crippen LogP) is 0.478. The lowest BCUT2D eigenvalue weighted by molar-refractivity contribution is -0.148. The number of nitrogens with zero attached hydrogens (tertiary/aromatic N) is 3. The van der Waals surface area contributed by atoms with Gasteiger partial charge in [-0.05, 0) is 25.3 Å². The Balaban J connectivity index is 2.03. The van der Waals surface area contributed by atoms with E-state index >= 15 is 0 Å². The summed E-state index contributed by atoms with van der Waals surface area (Å²) in [5, 5.41) is 6.91. The molecule has 0 spiro atoms. The summed E-state index contributed by atoms with van der Waals surface area (Å²) in [6.07, 6.45) is 6.02. The molecular formula is C14H22N4O2. The smallest absolute Gasteiger partial charge is 0.245 e. The van der Waals surface area contributed by atoms with Crippen molar-refractivity contribution in [1.29, 1.82) is 0 Å². The highest BCUT2D eigenvalue weighted by Gasteiger charge is 2.37. The average molecular weight is 278 g/mol. The molecule has 6 heteroatoms. The third-order valence-corrected chi connectivity index (χ3v) is 3.72. The fourth-order valence-electron chi connectivity index (χ4n) is 2.53. The Morgan fingerprint density at radius 2 is 2.15 bits per heavy atom. The van der Waals surface area contributed by atoms with Crippen LogP contribution in [-0.2, 0) is 23.1 Å². The van der Waals surface area contributed by atoms with Gasteiger partial charge in [-0.2, -0.15) is 5.10 Å². The van der Waals surface area contributed by atoms with Crippen LogP contribution in [0.25, 0.3) is 0 Å². The van der Waals surface area contributed by atoms with Gasteiger partial charge in [0.25, 0.3) is 0 Å². The number of carbonyl (C=O) groups excluding carboxylic acids is 2. The van der Waals surface area contributed by atoms with Gasteiger partial charge in [-0.1, -0.05) is 13.3 Å². The van der Waals surface area contributed by atoms with Crippen LogP contribution in [0.15, 0.2) is 12.4 Å². The summed E-state index contributed by atoms with van der Waals surface area (Å²) in [5.41, 5.74) is 1.07. The van der Waals surface area contributed by atoms with Crippen LogP contribution >= 0.6 is 0 Å². The van der Waals surface area contributed by atoms with E-state index in [1.54, 1.807) is 22.7 Å². The zero-order chi connectivity index (χ0) is 14.7. The van der Waals surface area contributed by atoms with Gasteiger partial charge in [0.15, 0.2) is 0 Å². The number of carbonyl (C=O) groups is 2. The lowest BCUT2D eigenvalue weighted by atomic mass is 10.0. The van der Waals surface area contributed by atoms with Gasteiger partial charge in [0.2, 0.25) is 11.8 Å². The lowest BCUT2D eigenvalue weighted by Crippen LogP contribution is -2.62. The van der Waals surface area contributed by atoms with E-state index in [-0.39, 0.29) is 17.9 Å². The largest absolute Gasteiger partial charge is 0.343 e. The van der Waals surface area contributed by atoms with Crippen molar-refractivity contribution in [1.82, 2.24) is 20.0 Å². The summed E-state index contributed by atoms with van der Waals surface area (Å²) >= 11 is 0. The predicted molar refractivity (Wildman–Crippen MR) is 74.9 cm³/mol. The summed E-state index contributed by atoms with van der Waals surface area (Å²) in [4.78, 5) is 26.0. The van der Waals surface area contributed by atoms with Crippen molar-refractivity contribution in [2.24, 2.45) is 7.05 Å². The minimum atomic E-state index is -0.396. The molecule has 2 unspecified atom stereocenters. The highest BCUT2D eigenvalue weighted by atomic mass is 16.2. The van der Waals surface area contributed by atoms with Crippen LogP contribution < -0.4 is 5.32 Å². The molecule has 1 saturated heterocycles. The number of hydrogen-bond donors (Lipinski definition) is 1. The Morgan fingerprint density at radius 3 is 2.75 bits per heavy atom. The number of aryl methyl sites for hydroxylation is 1. The molecule has 1 aliphatic heterocycles. The summed E-state index contributed by atoms with van der Waals surface area (Å²) in [5.74, 6) is -0.0305. The van der Waals surface area contributed by atoms with E-state index in [0.29, 0.717) is 13.0 Å². The molecule has 1 aliphatic rings. The van der Waals surface area contributed by atoms with E-state index < -0.39 is 6.04 Å². The normalized spacial score (nSPS) is 23.1. The second-order valence-corrected chi connectivity index (χ2v) is 5.33. The van der Waals surface area contributed by atoms with Crippen molar-refractivity contribution in [3.8, 4) is 0 Å². The molecule has 1 aromatic heterocycles. The van der Waals surface area contributed by atoms with Gasteiger partial charge in [-0.3, -0.25) is 14.3 Å². The monoisotopic (exact) mass is 278 g/mol. The maximum Gasteiger partial charge on any atom is 0.245 e. The third-order valence-electron chi connectivity index (χ3n) is 3.72. The van der Waals surface area contributed by atoms with Gasteiger partial charge in [0.1, 0.15) is 12.1 Å². The molecule has 0 aromatic carbocycles. The van der Waals surface area contributed by atoms with Gasteiger partial charge in [-0.25, -0.2) is 0 Å². The highest BCUT2D eigenvalue weighted by molar-refractivity contribution is 5.96. The van der Waals surface area contributed by atoms with Crippen molar-refractivity contribution in [2.45, 2.75) is 45.2 Å². The first-order chi connectivity index (χ1) is 9.52. The molecule has 2 atom stereocenters. The van der Waals surface area contributed by atoms with E-state index in [2.05, 4.69) is 10.4 Å². The molecule has 1 aromatic rings. The highest BCUT2D eigenvalue weighted by Crippen LogP contribution is 2.14. The van der Waals surface area contributed by atoms with Gasteiger partial charge in [0, 0.05) is 19.8 Å². The standard InChI is InChI=1S/C14H22N4O2/c1-4-5-12-14(20)18(10(2)13(19)16-12)7-6-11-8-15-17(3)9-11/h8-10,12H,4-7H2,1-3H3,(H,16,19). The van der Waals surface area contributed by atoms with Crippen molar-refractivity contribution in [2.75, 3.05) is 6.54 Å². The van der Waals surface area contributed by atoms with Crippen LogP contribution in [-0.4, -0.2) is 45.1 Å². The molecule has 6 nitrogen and oxygen atoms in total. The number of amides is 2. The number of hydrogen-bond acceptors (Lipinski definition) is 3.